The Balaban J connectivity index is 1.81. The van der Waals surface area contributed by atoms with Crippen LogP contribution in [-0.4, -0.2) is 39.0 Å². The fraction of sp³-hybridized carbons (Fsp3) is 0.278. The van der Waals surface area contributed by atoms with Gasteiger partial charge in [0.05, 0.1) is 23.3 Å². The molecule has 1 heterocycles. The second-order valence-corrected chi connectivity index (χ2v) is 8.69. The highest BCUT2D eigenvalue weighted by Crippen LogP contribution is 2.23. The number of thioether (sulfide) groups is 1. The highest BCUT2D eigenvalue weighted by atomic mass is 32.2. The molecule has 1 atom stereocenters. The number of rotatable bonds is 6. The summed E-state index contributed by atoms with van der Waals surface area (Å²) < 4.78 is 32.8. The van der Waals surface area contributed by atoms with Crippen molar-refractivity contribution in [1.29, 1.82) is 0 Å². The summed E-state index contributed by atoms with van der Waals surface area (Å²) in [6.07, 6.45) is 0.927. The summed E-state index contributed by atoms with van der Waals surface area (Å²) >= 11 is 1.80. The van der Waals surface area contributed by atoms with Crippen molar-refractivity contribution in [2.75, 3.05) is 23.3 Å². The maximum Gasteiger partial charge on any atom is 0.261 e. The molecular weight excluding hydrogens is 372 g/mol. The number of ether oxygens (including phenoxy) is 1. The average Bonchev–Trinajstić information content (AvgIpc) is 3.15. The average molecular weight is 393 g/mol. The van der Waals surface area contributed by atoms with Gasteiger partial charge in [0.15, 0.2) is 0 Å². The Morgan fingerprint density at radius 2 is 1.88 bits per heavy atom. The minimum absolute atomic E-state index is 0.0979. The smallest absolute Gasteiger partial charge is 0.261 e. The Morgan fingerprint density at radius 3 is 2.54 bits per heavy atom. The van der Waals surface area contributed by atoms with Gasteiger partial charge >= 0.3 is 0 Å². The zero-order valence-electron chi connectivity index (χ0n) is 14.3. The molecule has 0 aromatic heterocycles. The molecule has 0 aliphatic carbocycles. The number of carbonyl (C=O) groups is 1. The van der Waals surface area contributed by atoms with Crippen LogP contribution in [0.4, 0.5) is 5.69 Å². The fourth-order valence-electron chi connectivity index (χ4n) is 2.64. The van der Waals surface area contributed by atoms with Gasteiger partial charge in [-0.05, 0) is 48.6 Å². The maximum absolute atomic E-state index is 12.6. The molecule has 0 bridgehead atoms. The minimum Gasteiger partial charge on any atom is -0.497 e. The normalized spacial score (nSPS) is 16.9. The summed E-state index contributed by atoms with van der Waals surface area (Å²) in [5.41, 5.74) is 0.563. The summed E-state index contributed by atoms with van der Waals surface area (Å²) in [6.45, 7) is 0. The van der Waals surface area contributed by atoms with E-state index in [0.717, 1.165) is 17.9 Å². The van der Waals surface area contributed by atoms with Gasteiger partial charge in [0.2, 0.25) is 0 Å². The lowest BCUT2D eigenvalue weighted by Gasteiger charge is -2.15. The third-order valence-electron chi connectivity index (χ3n) is 4.05. The van der Waals surface area contributed by atoms with Crippen LogP contribution in [0, 0.1) is 0 Å². The zero-order valence-corrected chi connectivity index (χ0v) is 15.9. The summed E-state index contributed by atoms with van der Waals surface area (Å²) in [7, 11) is -2.30. The van der Waals surface area contributed by atoms with Gasteiger partial charge in [0.25, 0.3) is 15.9 Å². The molecule has 6 nitrogen and oxygen atoms in total. The number of sulfonamides is 1. The first-order valence-electron chi connectivity index (χ1n) is 8.14. The molecule has 1 fully saturated rings. The first kappa shape index (κ1) is 18.6. The number of methoxy groups -OCH3 is 1. The molecule has 0 radical (unpaired) electrons. The molecule has 2 aromatic carbocycles. The number of para-hydroxylation sites is 1. The highest BCUT2D eigenvalue weighted by Gasteiger charge is 2.22. The van der Waals surface area contributed by atoms with Gasteiger partial charge in [-0.3, -0.25) is 9.52 Å². The number of benzene rings is 2. The fourth-order valence-corrected chi connectivity index (χ4v) is 4.87. The Labute approximate surface area is 157 Å². The van der Waals surface area contributed by atoms with Crippen LogP contribution in [0.25, 0.3) is 0 Å². The number of nitrogens with one attached hydrogen (secondary N) is 2. The van der Waals surface area contributed by atoms with Crippen molar-refractivity contribution in [3.63, 3.8) is 0 Å². The van der Waals surface area contributed by atoms with Gasteiger partial charge in [-0.1, -0.05) is 12.1 Å². The van der Waals surface area contributed by atoms with Crippen molar-refractivity contribution < 1.29 is 17.9 Å². The lowest BCUT2D eigenvalue weighted by molar-refractivity contribution is 0.0942. The minimum atomic E-state index is -3.81. The van der Waals surface area contributed by atoms with E-state index in [9.17, 15) is 13.2 Å². The predicted molar refractivity (Wildman–Crippen MR) is 103 cm³/mol. The van der Waals surface area contributed by atoms with Gasteiger partial charge < -0.3 is 10.1 Å². The van der Waals surface area contributed by atoms with Crippen molar-refractivity contribution in [3.05, 3.63) is 54.1 Å². The monoisotopic (exact) mass is 392 g/mol. The molecule has 1 saturated heterocycles. The Bertz CT molecular complexity index is 876. The van der Waals surface area contributed by atoms with E-state index >= 15 is 0 Å². The van der Waals surface area contributed by atoms with Crippen molar-refractivity contribution in [2.45, 2.75) is 17.4 Å². The third-order valence-corrected chi connectivity index (χ3v) is 6.59. The molecule has 8 heteroatoms. The SMILES string of the molecule is COc1ccc(S(=O)(=O)Nc2ccccc2C(=O)N[C@H]2CCSC2)cc1. The van der Waals surface area contributed by atoms with E-state index in [0.29, 0.717) is 11.3 Å². The predicted octanol–water partition coefficient (Wildman–Crippen LogP) is 2.73. The first-order chi connectivity index (χ1) is 12.5. The van der Waals surface area contributed by atoms with Gasteiger partial charge in [-0.25, -0.2) is 8.42 Å². The molecule has 2 N–H and O–H groups in total. The van der Waals surface area contributed by atoms with Crippen LogP contribution in [0.5, 0.6) is 5.75 Å². The zero-order chi connectivity index (χ0) is 18.6. The molecule has 0 saturated carbocycles. The quantitative estimate of drug-likeness (QED) is 0.790. The van der Waals surface area contributed by atoms with E-state index in [1.165, 1.54) is 19.2 Å². The number of carbonyl (C=O) groups excluding carboxylic acids is 1. The number of hydrogen-bond donors (Lipinski definition) is 2. The van der Waals surface area contributed by atoms with Crippen molar-refractivity contribution in [2.24, 2.45) is 0 Å². The van der Waals surface area contributed by atoms with E-state index in [4.69, 9.17) is 4.74 Å². The van der Waals surface area contributed by atoms with Crippen molar-refractivity contribution in [1.82, 2.24) is 5.32 Å². The number of anilines is 1. The molecule has 1 aliphatic rings. The lowest BCUT2D eigenvalue weighted by atomic mass is 10.1. The van der Waals surface area contributed by atoms with Crippen molar-refractivity contribution >= 4 is 33.4 Å². The van der Waals surface area contributed by atoms with E-state index in [-0.39, 0.29) is 22.5 Å². The summed E-state index contributed by atoms with van der Waals surface area (Å²) in [4.78, 5) is 12.7. The lowest BCUT2D eigenvalue weighted by Crippen LogP contribution is -2.35. The Morgan fingerprint density at radius 1 is 1.15 bits per heavy atom. The topological polar surface area (TPSA) is 84.5 Å². The van der Waals surface area contributed by atoms with Crippen LogP contribution in [0.1, 0.15) is 16.8 Å². The number of amides is 1. The number of hydrogen-bond acceptors (Lipinski definition) is 5. The van der Waals surface area contributed by atoms with Gasteiger partial charge in [0.1, 0.15) is 5.75 Å². The van der Waals surface area contributed by atoms with Gasteiger partial charge in [-0.2, -0.15) is 11.8 Å². The molecule has 26 heavy (non-hydrogen) atoms. The van der Waals surface area contributed by atoms with Crippen molar-refractivity contribution in [3.8, 4) is 5.75 Å². The van der Waals surface area contributed by atoms with E-state index in [2.05, 4.69) is 10.0 Å². The molecule has 0 spiro atoms. The Kier molecular flexibility index (Phi) is 5.73. The maximum atomic E-state index is 12.6. The van der Waals surface area contributed by atoms with Crippen LogP contribution >= 0.6 is 11.8 Å². The first-order valence-corrected chi connectivity index (χ1v) is 10.8. The summed E-state index contributed by atoms with van der Waals surface area (Å²) in [5.74, 6) is 2.20. The summed E-state index contributed by atoms with van der Waals surface area (Å²) in [6, 6.07) is 12.8. The van der Waals surface area contributed by atoms with Crippen LogP contribution < -0.4 is 14.8 Å². The standard InChI is InChI=1S/C18H20N2O4S2/c1-24-14-6-8-15(9-7-14)26(22,23)20-17-5-3-2-4-16(17)18(21)19-13-10-11-25-12-13/h2-9,13,20H,10-12H2,1H3,(H,19,21)/t13-/m0/s1. The highest BCUT2D eigenvalue weighted by molar-refractivity contribution is 7.99. The van der Waals surface area contributed by atoms with Crippen LogP contribution in [0.2, 0.25) is 0 Å². The van der Waals surface area contributed by atoms with Gasteiger partial charge in [-0.15, -0.1) is 0 Å². The molecule has 1 aliphatic heterocycles. The molecule has 3 rings (SSSR count). The van der Waals surface area contributed by atoms with E-state index in [1.807, 2.05) is 0 Å². The second kappa shape index (κ2) is 8.01. The van der Waals surface area contributed by atoms with Crippen LogP contribution in [0.3, 0.4) is 0 Å². The molecule has 2 aromatic rings. The largest absolute Gasteiger partial charge is 0.497 e. The molecule has 138 valence electrons. The van der Waals surface area contributed by atoms with E-state index in [1.54, 1.807) is 48.2 Å². The van der Waals surface area contributed by atoms with Crippen LogP contribution in [-0.2, 0) is 10.0 Å². The molecule has 0 unspecified atom stereocenters. The second-order valence-electron chi connectivity index (χ2n) is 5.86. The van der Waals surface area contributed by atoms with E-state index < -0.39 is 10.0 Å². The molecular formula is C18H20N2O4S2. The van der Waals surface area contributed by atoms with Gasteiger partial charge in [0, 0.05) is 11.8 Å². The summed E-state index contributed by atoms with van der Waals surface area (Å²) in [5, 5.41) is 2.97. The van der Waals surface area contributed by atoms with Crippen LogP contribution in [0.15, 0.2) is 53.4 Å². The Hall–Kier alpha value is -2.19. The molecule has 1 amide bonds. The third kappa shape index (κ3) is 4.31.